The zero-order chi connectivity index (χ0) is 34.1. The van der Waals surface area contributed by atoms with Gasteiger partial charge in [0.05, 0.1) is 28.5 Å². The molecule has 3 aliphatic heterocycles. The third-order valence-corrected chi connectivity index (χ3v) is 9.65. The van der Waals surface area contributed by atoms with Crippen molar-refractivity contribution in [1.82, 2.24) is 9.97 Å². The molecule has 244 valence electrons. The van der Waals surface area contributed by atoms with Crippen LogP contribution in [-0.2, 0) is 6.42 Å². The number of nitrogens with one attached hydrogen (secondary N) is 2. The number of H-pyrrole nitrogens is 2. The van der Waals surface area contributed by atoms with E-state index in [1.54, 1.807) is 0 Å². The number of aromatic nitrogens is 2. The average molecular weight is 659 g/mol. The normalized spacial score (nSPS) is 15.2. The number of fused-ring (bicyclic) bond motifs is 6. The second-order valence-electron chi connectivity index (χ2n) is 12.7. The van der Waals surface area contributed by atoms with Crippen LogP contribution < -0.4 is 10.7 Å². The van der Waals surface area contributed by atoms with E-state index in [2.05, 4.69) is 150 Å². The molecule has 0 radical (unpaired) electrons. The van der Waals surface area contributed by atoms with Crippen molar-refractivity contribution in [2.75, 3.05) is 6.61 Å². The van der Waals surface area contributed by atoms with E-state index in [1.165, 1.54) is 0 Å². The van der Waals surface area contributed by atoms with Gasteiger partial charge in [-0.1, -0.05) is 121 Å². The predicted octanol–water partition coefficient (Wildman–Crippen LogP) is 7.53. The molecule has 0 spiro atoms. The first-order valence-corrected chi connectivity index (χ1v) is 17.3. The van der Waals surface area contributed by atoms with E-state index in [-0.39, 0.29) is 6.61 Å². The molecule has 6 aromatic rings. The zero-order valence-electron chi connectivity index (χ0n) is 27.8. The minimum Gasteiger partial charge on any atom is -0.396 e. The molecule has 3 aliphatic rings. The lowest BCUT2D eigenvalue weighted by atomic mass is 9.90. The van der Waals surface area contributed by atoms with E-state index in [4.69, 9.17) is 9.98 Å². The quantitative estimate of drug-likeness (QED) is 0.170. The summed E-state index contributed by atoms with van der Waals surface area (Å²) in [7, 11) is 0. The second-order valence-corrected chi connectivity index (χ2v) is 12.7. The van der Waals surface area contributed by atoms with E-state index in [1.807, 2.05) is 24.3 Å². The lowest BCUT2D eigenvalue weighted by molar-refractivity contribution is 0.299. The first-order valence-electron chi connectivity index (χ1n) is 17.3. The number of benzene rings is 4. The minimum atomic E-state index is -0.00673. The molecule has 8 bridgehead atoms. The van der Waals surface area contributed by atoms with Gasteiger partial charge in [0.2, 0.25) is 0 Å². The molecule has 0 amide bonds. The number of aromatic amines is 2. The molecular weight excluding hydrogens is 625 g/mol. The number of hydrogen-bond acceptors (Lipinski definition) is 3. The molecule has 4 aromatic carbocycles. The summed E-state index contributed by atoms with van der Waals surface area (Å²) in [6.07, 6.45) is 11.0. The molecular formula is C46H34N4O. The van der Waals surface area contributed by atoms with Crippen LogP contribution in [0.1, 0.15) is 39.1 Å². The Balaban J connectivity index is 1.45. The SMILES string of the molecule is OCCc1c2c[nH]c1C(c1ccccc1)=C1C=CC(=N1)C(c1ccccc1)=c1ccc([nH]1)=C(c1ccccc1)C1=NC(=C2c2ccccc2)C=C1. The van der Waals surface area contributed by atoms with Gasteiger partial charge in [-0.05, 0) is 70.7 Å². The van der Waals surface area contributed by atoms with Crippen LogP contribution in [0.15, 0.2) is 185 Å². The van der Waals surface area contributed by atoms with E-state index < -0.39 is 0 Å². The van der Waals surface area contributed by atoms with Crippen molar-refractivity contribution < 1.29 is 5.11 Å². The van der Waals surface area contributed by atoms with Gasteiger partial charge in [0.15, 0.2) is 0 Å². The first kappa shape index (κ1) is 30.5. The Bertz CT molecular complexity index is 2420. The fourth-order valence-corrected chi connectivity index (χ4v) is 7.40. The van der Waals surface area contributed by atoms with Gasteiger partial charge in [-0.25, -0.2) is 9.98 Å². The van der Waals surface area contributed by atoms with Crippen LogP contribution in [0.5, 0.6) is 0 Å². The molecule has 0 saturated heterocycles. The van der Waals surface area contributed by atoms with E-state index >= 15 is 0 Å². The molecule has 5 heterocycles. The number of allylic oxidation sites excluding steroid dienone is 4. The van der Waals surface area contributed by atoms with Crippen LogP contribution in [0.4, 0.5) is 0 Å². The minimum absolute atomic E-state index is 0.00673. The molecule has 5 nitrogen and oxygen atoms in total. The Kier molecular flexibility index (Phi) is 7.80. The van der Waals surface area contributed by atoms with Crippen LogP contribution in [0, 0.1) is 0 Å². The zero-order valence-corrected chi connectivity index (χ0v) is 27.8. The number of rotatable bonds is 6. The van der Waals surface area contributed by atoms with Crippen LogP contribution in [-0.4, -0.2) is 33.1 Å². The maximum atomic E-state index is 10.6. The summed E-state index contributed by atoms with van der Waals surface area (Å²) in [5.74, 6) is 0. The molecule has 9 rings (SSSR count). The number of hydrogen-bond donors (Lipinski definition) is 3. The van der Waals surface area contributed by atoms with Crippen molar-refractivity contribution in [1.29, 1.82) is 0 Å². The molecule has 2 aromatic heterocycles. The third kappa shape index (κ3) is 5.50. The van der Waals surface area contributed by atoms with Crippen LogP contribution in [0.25, 0.3) is 22.3 Å². The average Bonchev–Trinajstić information content (AvgIpc) is 4.02. The summed E-state index contributed by atoms with van der Waals surface area (Å²) in [5, 5.41) is 12.5. The standard InChI is InChI=1S/C46H34N4O/c51-28-27-34-35-29-47-46(34)45(33-19-11-4-12-20-33)41-26-25-40(50-41)44(32-17-9-3-10-18-32)39-24-23-38(49-39)43(31-15-7-2-8-16-31)37-22-21-36(48-37)42(35)30-13-5-1-6-14-30/h1-26,29,47,49,51H,27-28H2. The topological polar surface area (TPSA) is 76.5 Å². The highest BCUT2D eigenvalue weighted by atomic mass is 16.3. The van der Waals surface area contributed by atoms with Crippen LogP contribution in [0.2, 0.25) is 0 Å². The Hall–Kier alpha value is -6.56. The molecule has 51 heavy (non-hydrogen) atoms. The van der Waals surface area contributed by atoms with Gasteiger partial charge in [0.25, 0.3) is 0 Å². The first-order chi connectivity index (χ1) is 25.3. The van der Waals surface area contributed by atoms with E-state index in [9.17, 15) is 5.11 Å². The summed E-state index contributed by atoms with van der Waals surface area (Å²) in [6, 6.07) is 46.0. The Morgan fingerprint density at radius 1 is 0.471 bits per heavy atom. The fourth-order valence-electron chi connectivity index (χ4n) is 7.40. The second kappa shape index (κ2) is 13.0. The van der Waals surface area contributed by atoms with Gasteiger partial charge in [0, 0.05) is 51.4 Å². The molecule has 0 aliphatic carbocycles. The molecule has 0 unspecified atom stereocenters. The largest absolute Gasteiger partial charge is 0.396 e. The van der Waals surface area contributed by atoms with Gasteiger partial charge in [-0.2, -0.15) is 0 Å². The molecule has 0 atom stereocenters. The molecule has 5 heteroatoms. The fraction of sp³-hybridized carbons (Fsp3) is 0.0435. The lowest BCUT2D eigenvalue weighted by Crippen LogP contribution is -2.21. The summed E-state index contributed by atoms with van der Waals surface area (Å²) in [5.41, 5.74) is 14.6. The van der Waals surface area contributed by atoms with Crippen LogP contribution >= 0.6 is 0 Å². The predicted molar refractivity (Wildman–Crippen MR) is 208 cm³/mol. The van der Waals surface area contributed by atoms with Gasteiger partial charge in [-0.15, -0.1) is 0 Å². The van der Waals surface area contributed by atoms with E-state index in [0.29, 0.717) is 6.42 Å². The Morgan fingerprint density at radius 2 is 0.902 bits per heavy atom. The number of aliphatic hydroxyl groups is 1. The van der Waals surface area contributed by atoms with E-state index in [0.717, 1.165) is 94.9 Å². The summed E-state index contributed by atoms with van der Waals surface area (Å²) >= 11 is 0. The van der Waals surface area contributed by atoms with Gasteiger partial charge in [-0.3, -0.25) is 0 Å². The third-order valence-electron chi connectivity index (χ3n) is 9.65. The number of aliphatic imine (C=N–C) groups is 2. The number of nitrogens with zero attached hydrogens (tertiary/aromatic N) is 2. The molecule has 0 saturated carbocycles. The maximum absolute atomic E-state index is 10.6. The Morgan fingerprint density at radius 3 is 1.37 bits per heavy atom. The van der Waals surface area contributed by atoms with Gasteiger partial charge >= 0.3 is 0 Å². The van der Waals surface area contributed by atoms with Crippen molar-refractivity contribution in [2.24, 2.45) is 9.98 Å². The lowest BCUT2D eigenvalue weighted by Gasteiger charge is -2.15. The van der Waals surface area contributed by atoms with Crippen molar-refractivity contribution in [2.45, 2.75) is 6.42 Å². The van der Waals surface area contributed by atoms with Crippen molar-refractivity contribution >= 4 is 33.7 Å². The van der Waals surface area contributed by atoms with Crippen LogP contribution in [0.3, 0.4) is 0 Å². The maximum Gasteiger partial charge on any atom is 0.0737 e. The molecule has 0 fully saturated rings. The van der Waals surface area contributed by atoms with Crippen molar-refractivity contribution in [3.8, 4) is 0 Å². The van der Waals surface area contributed by atoms with Crippen molar-refractivity contribution in [3.05, 3.63) is 225 Å². The monoisotopic (exact) mass is 658 g/mol. The highest BCUT2D eigenvalue weighted by Crippen LogP contribution is 2.40. The van der Waals surface area contributed by atoms with Gasteiger partial charge < -0.3 is 15.1 Å². The van der Waals surface area contributed by atoms with Crippen molar-refractivity contribution in [3.63, 3.8) is 0 Å². The molecule has 3 N–H and O–H groups in total. The summed E-state index contributed by atoms with van der Waals surface area (Å²) < 4.78 is 0. The highest BCUT2D eigenvalue weighted by Gasteiger charge is 2.26. The highest BCUT2D eigenvalue weighted by molar-refractivity contribution is 6.31. The van der Waals surface area contributed by atoms with Gasteiger partial charge in [0.1, 0.15) is 0 Å². The summed E-state index contributed by atoms with van der Waals surface area (Å²) in [4.78, 5) is 18.3. The smallest absolute Gasteiger partial charge is 0.0737 e. The number of aliphatic hydroxyl groups excluding tert-OH is 1. The Labute approximate surface area is 296 Å². The summed E-state index contributed by atoms with van der Waals surface area (Å²) in [6.45, 7) is -0.00673.